The highest BCUT2D eigenvalue weighted by atomic mass is 35.5. The van der Waals surface area contributed by atoms with Crippen molar-refractivity contribution < 1.29 is 12.8 Å². The SMILES string of the molecule is Cl.O=S(=O)(c1cc(Cl)c2oc3c(c2c1)CNCC3)c1csc2ccccc12. The molecule has 140 valence electrons. The molecule has 8 heteroatoms. The summed E-state index contributed by atoms with van der Waals surface area (Å²) in [6, 6.07) is 10.7. The molecule has 0 fully saturated rings. The lowest BCUT2D eigenvalue weighted by molar-refractivity contribution is 0.500. The van der Waals surface area contributed by atoms with Crippen LogP contribution in [0, 0.1) is 0 Å². The first-order chi connectivity index (χ1) is 12.6. The van der Waals surface area contributed by atoms with Gasteiger partial charge in [-0.1, -0.05) is 29.8 Å². The maximum atomic E-state index is 13.3. The minimum atomic E-state index is -3.68. The monoisotopic (exact) mass is 439 g/mol. The summed E-state index contributed by atoms with van der Waals surface area (Å²) in [6.45, 7) is 1.50. The van der Waals surface area contributed by atoms with E-state index in [1.165, 1.54) is 17.4 Å². The zero-order valence-corrected chi connectivity index (χ0v) is 17.2. The molecule has 4 nitrogen and oxygen atoms in total. The third-order valence-electron chi connectivity index (χ3n) is 4.78. The number of furan rings is 1. The van der Waals surface area contributed by atoms with Crippen molar-refractivity contribution in [3.63, 3.8) is 0 Å². The molecule has 0 unspecified atom stereocenters. The Bertz CT molecular complexity index is 1280. The summed E-state index contributed by atoms with van der Waals surface area (Å²) in [4.78, 5) is 0.525. The Morgan fingerprint density at radius 2 is 1.96 bits per heavy atom. The quantitative estimate of drug-likeness (QED) is 0.466. The van der Waals surface area contributed by atoms with Crippen LogP contribution >= 0.6 is 35.3 Å². The molecular weight excluding hydrogens is 425 g/mol. The fourth-order valence-corrected chi connectivity index (χ4v) is 6.61. The van der Waals surface area contributed by atoms with Gasteiger partial charge in [-0.2, -0.15) is 0 Å². The van der Waals surface area contributed by atoms with E-state index in [1.54, 1.807) is 11.4 Å². The molecule has 2 aromatic carbocycles. The maximum absolute atomic E-state index is 13.3. The van der Waals surface area contributed by atoms with Gasteiger partial charge < -0.3 is 9.73 Å². The van der Waals surface area contributed by atoms with E-state index in [9.17, 15) is 8.42 Å². The number of nitrogens with one attached hydrogen (secondary N) is 1. The van der Waals surface area contributed by atoms with Crippen molar-refractivity contribution in [2.75, 3.05) is 6.54 Å². The highest BCUT2D eigenvalue weighted by Gasteiger charge is 2.26. The van der Waals surface area contributed by atoms with Crippen LogP contribution in [0.3, 0.4) is 0 Å². The van der Waals surface area contributed by atoms with Gasteiger partial charge in [-0.05, 0) is 18.2 Å². The third-order valence-corrected chi connectivity index (χ3v) is 7.95. The molecule has 2 aromatic heterocycles. The molecule has 0 aliphatic carbocycles. The van der Waals surface area contributed by atoms with Crippen LogP contribution in [0.25, 0.3) is 21.1 Å². The average molecular weight is 440 g/mol. The minimum absolute atomic E-state index is 0. The van der Waals surface area contributed by atoms with Crippen LogP contribution < -0.4 is 5.32 Å². The zero-order chi connectivity index (χ0) is 17.9. The van der Waals surface area contributed by atoms with E-state index >= 15 is 0 Å². The topological polar surface area (TPSA) is 59.3 Å². The van der Waals surface area contributed by atoms with Gasteiger partial charge in [0.25, 0.3) is 0 Å². The Morgan fingerprint density at radius 3 is 2.81 bits per heavy atom. The molecule has 5 rings (SSSR count). The number of rotatable bonds is 2. The predicted octanol–water partition coefficient (Wildman–Crippen LogP) is 5.20. The summed E-state index contributed by atoms with van der Waals surface area (Å²) in [6.07, 6.45) is 0.775. The fourth-order valence-electron chi connectivity index (χ4n) is 3.49. The predicted molar refractivity (Wildman–Crippen MR) is 111 cm³/mol. The van der Waals surface area contributed by atoms with Crippen molar-refractivity contribution in [2.45, 2.75) is 22.8 Å². The number of hydrogen-bond acceptors (Lipinski definition) is 5. The van der Waals surface area contributed by atoms with E-state index in [2.05, 4.69) is 5.32 Å². The van der Waals surface area contributed by atoms with Gasteiger partial charge in [-0.15, -0.1) is 23.7 Å². The third kappa shape index (κ3) is 2.87. The first-order valence-electron chi connectivity index (χ1n) is 8.21. The van der Waals surface area contributed by atoms with Crippen molar-refractivity contribution in [3.8, 4) is 0 Å². The normalized spacial score (nSPS) is 14.3. The van der Waals surface area contributed by atoms with Crippen molar-refractivity contribution in [1.82, 2.24) is 5.32 Å². The van der Waals surface area contributed by atoms with Crippen LogP contribution in [0.4, 0.5) is 0 Å². The van der Waals surface area contributed by atoms with Crippen molar-refractivity contribution >= 4 is 66.2 Å². The van der Waals surface area contributed by atoms with E-state index in [1.807, 2.05) is 24.3 Å². The second-order valence-electron chi connectivity index (χ2n) is 6.31. The first-order valence-corrected chi connectivity index (χ1v) is 11.0. The van der Waals surface area contributed by atoms with Crippen molar-refractivity contribution in [2.24, 2.45) is 0 Å². The van der Waals surface area contributed by atoms with E-state index in [4.69, 9.17) is 16.0 Å². The highest BCUT2D eigenvalue weighted by molar-refractivity contribution is 7.92. The van der Waals surface area contributed by atoms with Gasteiger partial charge in [0, 0.05) is 45.9 Å². The van der Waals surface area contributed by atoms with E-state index in [0.29, 0.717) is 22.0 Å². The Labute approximate surface area is 171 Å². The Morgan fingerprint density at radius 1 is 1.15 bits per heavy atom. The summed E-state index contributed by atoms with van der Waals surface area (Å²) in [5.41, 5.74) is 1.56. The number of fused-ring (bicyclic) bond motifs is 4. The summed E-state index contributed by atoms with van der Waals surface area (Å²) >= 11 is 7.82. The summed E-state index contributed by atoms with van der Waals surface area (Å²) in [7, 11) is -3.68. The van der Waals surface area contributed by atoms with Crippen molar-refractivity contribution in [1.29, 1.82) is 0 Å². The molecule has 0 bridgehead atoms. The van der Waals surface area contributed by atoms with E-state index < -0.39 is 9.84 Å². The lowest BCUT2D eigenvalue weighted by Gasteiger charge is -2.11. The van der Waals surface area contributed by atoms with Crippen LogP contribution in [-0.2, 0) is 22.8 Å². The standard InChI is InChI=1S/C19H14ClNO3S2.ClH/c20-15-8-11(7-13-14-9-21-6-5-16(14)24-19(13)15)26(22,23)18-10-25-17-4-2-1-3-12(17)18;/h1-4,7-8,10,21H,5-6,9H2;1H. The van der Waals surface area contributed by atoms with Crippen LogP contribution in [-0.4, -0.2) is 15.0 Å². The molecule has 0 saturated heterocycles. The molecule has 1 aliphatic rings. The molecule has 4 aromatic rings. The van der Waals surface area contributed by atoms with Gasteiger partial charge in [-0.25, -0.2) is 8.42 Å². The van der Waals surface area contributed by atoms with E-state index in [-0.39, 0.29) is 17.3 Å². The Kier molecular flexibility index (Phi) is 4.72. The van der Waals surface area contributed by atoms with Gasteiger partial charge in [0.2, 0.25) is 9.84 Å². The number of thiophene rings is 1. The minimum Gasteiger partial charge on any atom is -0.459 e. The molecule has 0 spiro atoms. The molecule has 27 heavy (non-hydrogen) atoms. The second kappa shape index (κ2) is 6.79. The van der Waals surface area contributed by atoms with Crippen LogP contribution in [0.5, 0.6) is 0 Å². The lowest BCUT2D eigenvalue weighted by Crippen LogP contribution is -2.22. The van der Waals surface area contributed by atoms with Gasteiger partial charge in [-0.3, -0.25) is 0 Å². The largest absolute Gasteiger partial charge is 0.459 e. The molecule has 0 radical (unpaired) electrons. The zero-order valence-electron chi connectivity index (χ0n) is 14.0. The number of sulfone groups is 1. The number of benzene rings is 2. The van der Waals surface area contributed by atoms with Gasteiger partial charge >= 0.3 is 0 Å². The smallest absolute Gasteiger partial charge is 0.208 e. The van der Waals surface area contributed by atoms with Gasteiger partial charge in [0.05, 0.1) is 14.8 Å². The number of hydrogen-bond donors (Lipinski definition) is 1. The van der Waals surface area contributed by atoms with Gasteiger partial charge in [0.1, 0.15) is 5.76 Å². The van der Waals surface area contributed by atoms with Crippen LogP contribution in [0.15, 0.2) is 56.0 Å². The molecular formula is C19H15Cl2NO3S2. The van der Waals surface area contributed by atoms with Gasteiger partial charge in [0.15, 0.2) is 5.58 Å². The van der Waals surface area contributed by atoms with E-state index in [0.717, 1.165) is 39.8 Å². The second-order valence-corrected chi connectivity index (χ2v) is 9.55. The lowest BCUT2D eigenvalue weighted by atomic mass is 10.1. The molecule has 1 aliphatic heterocycles. The Hall–Kier alpha value is -1.57. The molecule has 3 heterocycles. The summed E-state index contributed by atoms with van der Waals surface area (Å²) in [5, 5.41) is 6.84. The maximum Gasteiger partial charge on any atom is 0.208 e. The summed E-state index contributed by atoms with van der Waals surface area (Å²) in [5.74, 6) is 0.885. The van der Waals surface area contributed by atoms with Crippen LogP contribution in [0.1, 0.15) is 11.3 Å². The number of halogens is 2. The first kappa shape index (κ1) is 18.8. The fraction of sp³-hybridized carbons (Fsp3) is 0.158. The molecule has 0 atom stereocenters. The molecule has 0 saturated carbocycles. The molecule has 0 amide bonds. The van der Waals surface area contributed by atoms with Crippen LogP contribution in [0.2, 0.25) is 5.02 Å². The summed E-state index contributed by atoms with van der Waals surface area (Å²) < 4.78 is 33.4. The molecule has 1 N–H and O–H groups in total. The average Bonchev–Trinajstić information content (AvgIpc) is 3.24. The van der Waals surface area contributed by atoms with Crippen molar-refractivity contribution in [3.05, 3.63) is 58.1 Å². The highest BCUT2D eigenvalue weighted by Crippen LogP contribution is 2.38. The Balaban J connectivity index is 0.00000180.